The molecular formula is C17H16ClF2N5O. The number of nitrogens with zero attached hydrogens (tertiary/aromatic N) is 5. The lowest BCUT2D eigenvalue weighted by atomic mass is 10.1. The monoisotopic (exact) mass is 379 g/mol. The number of halogens is 3. The van der Waals surface area contributed by atoms with Crippen LogP contribution in [0.2, 0.25) is 5.28 Å². The van der Waals surface area contributed by atoms with Crippen LogP contribution in [-0.4, -0.2) is 44.0 Å². The van der Waals surface area contributed by atoms with Gasteiger partial charge < -0.3 is 10.0 Å². The fourth-order valence-electron chi connectivity index (χ4n) is 3.21. The van der Waals surface area contributed by atoms with Crippen molar-refractivity contribution < 1.29 is 13.9 Å². The molecular weight excluding hydrogens is 364 g/mol. The highest BCUT2D eigenvalue weighted by molar-refractivity contribution is 6.28. The summed E-state index contributed by atoms with van der Waals surface area (Å²) in [6.07, 6.45) is -1.43. The molecule has 2 aromatic heterocycles. The maximum Gasteiger partial charge on any atom is 0.263 e. The zero-order chi connectivity index (χ0) is 18.4. The number of alkyl halides is 2. The van der Waals surface area contributed by atoms with E-state index < -0.39 is 12.5 Å². The second-order valence-corrected chi connectivity index (χ2v) is 6.79. The molecule has 0 spiro atoms. The second-order valence-electron chi connectivity index (χ2n) is 6.46. The van der Waals surface area contributed by atoms with Crippen LogP contribution in [0.4, 0.5) is 14.6 Å². The van der Waals surface area contributed by atoms with Crippen LogP contribution in [-0.2, 0) is 0 Å². The lowest BCUT2D eigenvalue weighted by Gasteiger charge is -2.17. The fraction of sp³-hybridized carbons (Fsp3) is 0.353. The highest BCUT2D eigenvalue weighted by atomic mass is 35.5. The third kappa shape index (κ3) is 2.89. The Morgan fingerprint density at radius 1 is 1.27 bits per heavy atom. The molecule has 0 amide bonds. The van der Waals surface area contributed by atoms with E-state index >= 15 is 0 Å². The van der Waals surface area contributed by atoms with Crippen molar-refractivity contribution in [1.29, 1.82) is 0 Å². The van der Waals surface area contributed by atoms with Crippen LogP contribution in [0.1, 0.15) is 18.9 Å². The van der Waals surface area contributed by atoms with Gasteiger partial charge in [-0.3, -0.25) is 0 Å². The minimum Gasteiger partial charge on any atom is -0.391 e. The van der Waals surface area contributed by atoms with Gasteiger partial charge in [-0.15, -0.1) is 0 Å². The summed E-state index contributed by atoms with van der Waals surface area (Å²) in [4.78, 5) is 10.5. The SMILES string of the molecule is C[C@H]1CN(c2nc(Cl)nc3c2cnn3-c2cccc(C(F)F)c2)C[C@@H]1O. The van der Waals surface area contributed by atoms with Crippen LogP contribution < -0.4 is 4.90 Å². The van der Waals surface area contributed by atoms with Crippen LogP contribution >= 0.6 is 11.6 Å². The Kier molecular flexibility index (Phi) is 4.24. The molecule has 0 unspecified atom stereocenters. The number of aromatic nitrogens is 4. The first-order chi connectivity index (χ1) is 12.4. The van der Waals surface area contributed by atoms with Crippen molar-refractivity contribution in [2.45, 2.75) is 19.5 Å². The summed E-state index contributed by atoms with van der Waals surface area (Å²) in [6.45, 7) is 3.04. The Labute approximate surface area is 153 Å². The van der Waals surface area contributed by atoms with Gasteiger partial charge in [-0.25, -0.2) is 13.5 Å². The first-order valence-electron chi connectivity index (χ1n) is 8.17. The van der Waals surface area contributed by atoms with Crippen LogP contribution in [0.15, 0.2) is 30.5 Å². The summed E-state index contributed by atoms with van der Waals surface area (Å²) in [7, 11) is 0. The fourth-order valence-corrected chi connectivity index (χ4v) is 3.37. The average molecular weight is 380 g/mol. The molecule has 136 valence electrons. The van der Waals surface area contributed by atoms with E-state index in [1.54, 1.807) is 18.3 Å². The summed E-state index contributed by atoms with van der Waals surface area (Å²) in [6, 6.07) is 5.96. The Morgan fingerprint density at radius 3 is 2.77 bits per heavy atom. The smallest absolute Gasteiger partial charge is 0.263 e. The summed E-state index contributed by atoms with van der Waals surface area (Å²) in [5, 5.41) is 15.0. The lowest BCUT2D eigenvalue weighted by Crippen LogP contribution is -2.22. The van der Waals surface area contributed by atoms with Crippen molar-refractivity contribution in [1.82, 2.24) is 19.7 Å². The average Bonchev–Trinajstić information content (AvgIpc) is 3.18. The van der Waals surface area contributed by atoms with Crippen molar-refractivity contribution >= 4 is 28.5 Å². The highest BCUT2D eigenvalue weighted by Crippen LogP contribution is 2.31. The molecule has 1 aromatic carbocycles. The number of aliphatic hydroxyl groups is 1. The third-order valence-electron chi connectivity index (χ3n) is 4.62. The molecule has 1 saturated heterocycles. The maximum atomic E-state index is 13.0. The topological polar surface area (TPSA) is 67.1 Å². The molecule has 3 aromatic rings. The molecule has 1 N–H and O–H groups in total. The predicted molar refractivity (Wildman–Crippen MR) is 94.0 cm³/mol. The largest absolute Gasteiger partial charge is 0.391 e. The minimum absolute atomic E-state index is 0.0355. The van der Waals surface area contributed by atoms with Crippen LogP contribution in [0.5, 0.6) is 0 Å². The molecule has 9 heteroatoms. The standard InChI is InChI=1S/C17H16ClF2N5O/c1-9-7-24(8-13(9)26)15-12-6-21-25(16(12)23-17(18)22-15)11-4-2-3-10(5-11)14(19)20/h2-6,9,13-14,26H,7-8H2,1H3/t9-,13-/m0/s1. The normalized spacial score (nSPS) is 20.5. The van der Waals surface area contributed by atoms with Gasteiger partial charge in [0.2, 0.25) is 5.28 Å². The molecule has 3 heterocycles. The first kappa shape index (κ1) is 17.1. The first-order valence-corrected chi connectivity index (χ1v) is 8.54. The summed E-state index contributed by atoms with van der Waals surface area (Å²) < 4.78 is 27.5. The van der Waals surface area contributed by atoms with Crippen molar-refractivity contribution in [2.24, 2.45) is 5.92 Å². The molecule has 6 nitrogen and oxygen atoms in total. The minimum atomic E-state index is -2.57. The van der Waals surface area contributed by atoms with Gasteiger partial charge in [-0.2, -0.15) is 15.1 Å². The van der Waals surface area contributed by atoms with Gasteiger partial charge in [0.25, 0.3) is 6.43 Å². The molecule has 2 atom stereocenters. The lowest BCUT2D eigenvalue weighted by molar-refractivity contribution is 0.151. The maximum absolute atomic E-state index is 13.0. The van der Waals surface area contributed by atoms with Crippen LogP contribution in [0.25, 0.3) is 16.7 Å². The van der Waals surface area contributed by atoms with Crippen molar-refractivity contribution in [3.63, 3.8) is 0 Å². The van der Waals surface area contributed by atoms with Crippen molar-refractivity contribution in [3.05, 3.63) is 41.3 Å². The predicted octanol–water partition coefficient (Wildman–Crippen LogP) is 3.22. The molecule has 1 aliphatic rings. The van der Waals surface area contributed by atoms with Crippen LogP contribution in [0.3, 0.4) is 0 Å². The zero-order valence-electron chi connectivity index (χ0n) is 13.9. The molecule has 4 rings (SSSR count). The van der Waals surface area contributed by atoms with E-state index in [1.165, 1.54) is 16.8 Å². The van der Waals surface area contributed by atoms with Crippen molar-refractivity contribution in [2.75, 3.05) is 18.0 Å². The number of fused-ring (bicyclic) bond motifs is 1. The van der Waals surface area contributed by atoms with Gasteiger partial charge >= 0.3 is 0 Å². The Bertz CT molecular complexity index is 953. The van der Waals surface area contributed by atoms with Gasteiger partial charge in [-0.1, -0.05) is 19.1 Å². The third-order valence-corrected chi connectivity index (χ3v) is 4.79. The van der Waals surface area contributed by atoms with Gasteiger partial charge in [0.1, 0.15) is 5.82 Å². The Balaban J connectivity index is 1.83. The number of anilines is 1. The highest BCUT2D eigenvalue weighted by Gasteiger charge is 2.30. The van der Waals surface area contributed by atoms with Gasteiger partial charge in [0.05, 0.1) is 23.4 Å². The molecule has 0 aliphatic carbocycles. The second kappa shape index (κ2) is 6.44. The number of rotatable bonds is 3. The quantitative estimate of drug-likeness (QED) is 0.708. The summed E-state index contributed by atoms with van der Waals surface area (Å²) in [5.41, 5.74) is 0.803. The number of β-amino-alcohol motifs (C(OH)–C–C–N with tert-alkyl or cyclic N) is 1. The van der Waals surface area contributed by atoms with E-state index in [0.717, 1.165) is 0 Å². The van der Waals surface area contributed by atoms with E-state index in [9.17, 15) is 13.9 Å². The Morgan fingerprint density at radius 2 is 2.08 bits per heavy atom. The summed E-state index contributed by atoms with van der Waals surface area (Å²) >= 11 is 6.10. The molecule has 26 heavy (non-hydrogen) atoms. The van der Waals surface area contributed by atoms with E-state index in [1.807, 2.05) is 11.8 Å². The molecule has 1 aliphatic heterocycles. The molecule has 1 fully saturated rings. The zero-order valence-corrected chi connectivity index (χ0v) is 14.6. The van der Waals surface area contributed by atoms with Gasteiger partial charge in [0.15, 0.2) is 5.65 Å². The molecule has 0 radical (unpaired) electrons. The van der Waals surface area contributed by atoms with Crippen molar-refractivity contribution in [3.8, 4) is 5.69 Å². The number of hydrogen-bond donors (Lipinski definition) is 1. The van der Waals surface area contributed by atoms with Gasteiger partial charge in [-0.05, 0) is 23.7 Å². The van der Waals surface area contributed by atoms with Crippen LogP contribution in [0, 0.1) is 5.92 Å². The van der Waals surface area contributed by atoms with E-state index in [-0.39, 0.29) is 16.8 Å². The number of hydrogen-bond acceptors (Lipinski definition) is 5. The Hall–Kier alpha value is -2.32. The van der Waals surface area contributed by atoms with Gasteiger partial charge in [0, 0.05) is 24.6 Å². The summed E-state index contributed by atoms with van der Waals surface area (Å²) in [5.74, 6) is 0.691. The van der Waals surface area contributed by atoms with E-state index in [4.69, 9.17) is 11.6 Å². The van der Waals surface area contributed by atoms with E-state index in [2.05, 4.69) is 15.1 Å². The molecule has 0 saturated carbocycles. The molecule has 0 bridgehead atoms. The number of benzene rings is 1. The number of aliphatic hydroxyl groups excluding tert-OH is 1. The van der Waals surface area contributed by atoms with E-state index in [0.29, 0.717) is 35.6 Å².